The van der Waals surface area contributed by atoms with Crippen LogP contribution < -0.4 is 14.4 Å². The predicted octanol–water partition coefficient (Wildman–Crippen LogP) is 1.56. The molecular formula is C10H16ClN3O2. The van der Waals surface area contributed by atoms with Gasteiger partial charge in [-0.2, -0.15) is 9.97 Å². The molecule has 1 heterocycles. The van der Waals surface area contributed by atoms with Gasteiger partial charge in [0.05, 0.1) is 20.3 Å². The number of hydrogen-bond acceptors (Lipinski definition) is 5. The van der Waals surface area contributed by atoms with E-state index >= 15 is 0 Å². The maximum atomic E-state index is 5.91. The molecule has 0 N–H and O–H groups in total. The highest BCUT2D eigenvalue weighted by molar-refractivity contribution is 6.20. The van der Waals surface area contributed by atoms with Crippen LogP contribution in [0.15, 0.2) is 6.07 Å². The van der Waals surface area contributed by atoms with Gasteiger partial charge < -0.3 is 14.4 Å². The second-order valence-corrected chi connectivity index (χ2v) is 4.16. The summed E-state index contributed by atoms with van der Waals surface area (Å²) in [6, 6.07) is 1.63. The first-order chi connectivity index (χ1) is 7.56. The van der Waals surface area contributed by atoms with Gasteiger partial charge in [0.1, 0.15) is 0 Å². The minimum absolute atomic E-state index is 0.0193. The maximum absolute atomic E-state index is 5.91. The summed E-state index contributed by atoms with van der Waals surface area (Å²) in [5, 5.41) is 0.0193. The summed E-state index contributed by atoms with van der Waals surface area (Å²) in [5.74, 6) is 1.47. The molecule has 1 aromatic heterocycles. The first kappa shape index (κ1) is 12.8. The molecule has 6 heteroatoms. The second kappa shape index (κ2) is 5.75. The van der Waals surface area contributed by atoms with Gasteiger partial charge in [-0.1, -0.05) is 0 Å². The fraction of sp³-hybridized carbons (Fsp3) is 0.600. The molecule has 0 aliphatic heterocycles. The average molecular weight is 246 g/mol. The minimum atomic E-state index is 0.0193. The van der Waals surface area contributed by atoms with Crippen molar-refractivity contribution in [3.05, 3.63) is 6.07 Å². The van der Waals surface area contributed by atoms with Crippen molar-refractivity contribution in [3.63, 3.8) is 0 Å². The summed E-state index contributed by atoms with van der Waals surface area (Å²) in [6.07, 6.45) is 0. The summed E-state index contributed by atoms with van der Waals surface area (Å²) in [6.45, 7) is 2.56. The number of hydrogen-bond donors (Lipinski definition) is 0. The third-order valence-electron chi connectivity index (χ3n) is 1.95. The standard InChI is InChI=1S/C10H16ClN3O2/c1-7(11)6-14(2)10-12-8(15-3)5-9(13-10)16-4/h5,7H,6H2,1-4H3. The van der Waals surface area contributed by atoms with Gasteiger partial charge in [0.2, 0.25) is 17.7 Å². The van der Waals surface area contributed by atoms with E-state index in [0.717, 1.165) is 0 Å². The molecule has 0 saturated carbocycles. The molecule has 1 unspecified atom stereocenters. The van der Waals surface area contributed by atoms with E-state index in [2.05, 4.69) is 9.97 Å². The van der Waals surface area contributed by atoms with Gasteiger partial charge >= 0.3 is 0 Å². The number of alkyl halides is 1. The maximum Gasteiger partial charge on any atom is 0.231 e. The number of aromatic nitrogens is 2. The van der Waals surface area contributed by atoms with Crippen molar-refractivity contribution >= 4 is 17.5 Å². The monoisotopic (exact) mass is 245 g/mol. The van der Waals surface area contributed by atoms with Crippen molar-refractivity contribution in [3.8, 4) is 11.8 Å². The molecule has 1 rings (SSSR count). The lowest BCUT2D eigenvalue weighted by molar-refractivity contribution is 0.372. The van der Waals surface area contributed by atoms with Gasteiger partial charge in [-0.3, -0.25) is 0 Å². The van der Waals surface area contributed by atoms with Crippen molar-refractivity contribution in [2.24, 2.45) is 0 Å². The van der Waals surface area contributed by atoms with Crippen molar-refractivity contribution < 1.29 is 9.47 Å². The van der Waals surface area contributed by atoms with E-state index in [1.807, 2.05) is 18.9 Å². The fourth-order valence-corrected chi connectivity index (χ4v) is 1.44. The summed E-state index contributed by atoms with van der Waals surface area (Å²) >= 11 is 5.91. The first-order valence-electron chi connectivity index (χ1n) is 4.89. The number of anilines is 1. The van der Waals surface area contributed by atoms with E-state index in [1.165, 1.54) is 0 Å². The number of ether oxygens (including phenoxy) is 2. The first-order valence-corrected chi connectivity index (χ1v) is 5.32. The van der Waals surface area contributed by atoms with Crippen molar-refractivity contribution in [2.75, 3.05) is 32.7 Å². The van der Waals surface area contributed by atoms with E-state index in [1.54, 1.807) is 20.3 Å². The molecule has 0 bridgehead atoms. The zero-order valence-electron chi connectivity index (χ0n) is 9.90. The Labute approximate surface area is 100 Å². The van der Waals surface area contributed by atoms with E-state index in [0.29, 0.717) is 24.3 Å². The molecule has 0 fully saturated rings. The quantitative estimate of drug-likeness (QED) is 0.737. The summed E-state index contributed by atoms with van der Waals surface area (Å²) in [4.78, 5) is 10.3. The third-order valence-corrected chi connectivity index (χ3v) is 2.09. The van der Waals surface area contributed by atoms with Gasteiger partial charge in [0.25, 0.3) is 0 Å². The Morgan fingerprint density at radius 3 is 2.19 bits per heavy atom. The van der Waals surface area contributed by atoms with Crippen LogP contribution in [0.3, 0.4) is 0 Å². The van der Waals surface area contributed by atoms with Crippen molar-refractivity contribution in [2.45, 2.75) is 12.3 Å². The van der Waals surface area contributed by atoms with E-state index in [9.17, 15) is 0 Å². The summed E-state index contributed by atoms with van der Waals surface area (Å²) in [7, 11) is 4.97. The molecule has 1 aromatic rings. The molecule has 0 saturated heterocycles. The van der Waals surface area contributed by atoms with Crippen LogP contribution in [0.25, 0.3) is 0 Å². The Morgan fingerprint density at radius 2 is 1.81 bits per heavy atom. The van der Waals surface area contributed by atoms with Crippen molar-refractivity contribution in [1.29, 1.82) is 0 Å². The largest absolute Gasteiger partial charge is 0.481 e. The Balaban J connectivity index is 2.93. The highest BCUT2D eigenvalue weighted by Gasteiger charge is 2.11. The predicted molar refractivity (Wildman–Crippen MR) is 63.7 cm³/mol. The van der Waals surface area contributed by atoms with Gasteiger partial charge in [-0.25, -0.2) is 0 Å². The van der Waals surface area contributed by atoms with E-state index in [4.69, 9.17) is 21.1 Å². The molecule has 0 spiro atoms. The smallest absolute Gasteiger partial charge is 0.231 e. The third kappa shape index (κ3) is 3.41. The van der Waals surface area contributed by atoms with E-state index in [-0.39, 0.29) is 5.38 Å². The van der Waals surface area contributed by atoms with Crippen LogP contribution in [0.2, 0.25) is 0 Å². The van der Waals surface area contributed by atoms with Gasteiger partial charge in [-0.15, -0.1) is 11.6 Å². The number of methoxy groups -OCH3 is 2. The Hall–Kier alpha value is -1.23. The van der Waals surface area contributed by atoms with Crippen LogP contribution in [-0.2, 0) is 0 Å². The summed E-state index contributed by atoms with van der Waals surface area (Å²) in [5.41, 5.74) is 0. The van der Waals surface area contributed by atoms with Gasteiger partial charge in [0.15, 0.2) is 0 Å². The molecule has 0 aromatic carbocycles. The van der Waals surface area contributed by atoms with Crippen LogP contribution >= 0.6 is 11.6 Å². The van der Waals surface area contributed by atoms with Crippen LogP contribution in [0.1, 0.15) is 6.92 Å². The molecule has 0 aliphatic rings. The molecule has 0 amide bonds. The number of nitrogens with zero attached hydrogens (tertiary/aromatic N) is 3. The van der Waals surface area contributed by atoms with Crippen LogP contribution in [-0.4, -0.2) is 43.2 Å². The Kier molecular flexibility index (Phi) is 4.61. The number of halogens is 1. The zero-order valence-corrected chi connectivity index (χ0v) is 10.7. The summed E-state index contributed by atoms with van der Waals surface area (Å²) < 4.78 is 10.1. The highest BCUT2D eigenvalue weighted by Crippen LogP contribution is 2.19. The lowest BCUT2D eigenvalue weighted by Crippen LogP contribution is -2.26. The highest BCUT2D eigenvalue weighted by atomic mass is 35.5. The SMILES string of the molecule is COc1cc(OC)nc(N(C)CC(C)Cl)n1. The van der Waals surface area contributed by atoms with E-state index < -0.39 is 0 Å². The Bertz CT molecular complexity index is 325. The van der Waals surface area contributed by atoms with Gasteiger partial charge in [0, 0.05) is 19.0 Å². The zero-order chi connectivity index (χ0) is 12.1. The fourth-order valence-electron chi connectivity index (χ4n) is 1.23. The molecule has 5 nitrogen and oxygen atoms in total. The molecule has 90 valence electrons. The van der Waals surface area contributed by atoms with Crippen molar-refractivity contribution in [1.82, 2.24) is 9.97 Å². The van der Waals surface area contributed by atoms with Crippen LogP contribution in [0, 0.1) is 0 Å². The normalized spacial score (nSPS) is 12.1. The minimum Gasteiger partial charge on any atom is -0.481 e. The second-order valence-electron chi connectivity index (χ2n) is 3.41. The molecular weight excluding hydrogens is 230 g/mol. The average Bonchev–Trinajstić information content (AvgIpc) is 2.27. The molecule has 0 radical (unpaired) electrons. The Morgan fingerprint density at radius 1 is 1.31 bits per heavy atom. The topological polar surface area (TPSA) is 47.5 Å². The van der Waals surface area contributed by atoms with Crippen LogP contribution in [0.4, 0.5) is 5.95 Å². The molecule has 16 heavy (non-hydrogen) atoms. The number of rotatable bonds is 5. The lowest BCUT2D eigenvalue weighted by Gasteiger charge is -2.19. The lowest BCUT2D eigenvalue weighted by atomic mass is 10.4. The molecule has 1 atom stereocenters. The molecule has 0 aliphatic carbocycles. The van der Waals surface area contributed by atoms with Gasteiger partial charge in [-0.05, 0) is 6.92 Å². The van der Waals surface area contributed by atoms with Crippen LogP contribution in [0.5, 0.6) is 11.8 Å².